The van der Waals surface area contributed by atoms with Crippen molar-refractivity contribution < 1.29 is 28.9 Å². The summed E-state index contributed by atoms with van der Waals surface area (Å²) in [6.07, 6.45) is 1.49. The van der Waals surface area contributed by atoms with Crippen LogP contribution in [-0.4, -0.2) is 50.1 Å². The van der Waals surface area contributed by atoms with Crippen molar-refractivity contribution in [2.75, 3.05) is 32.2 Å². The Morgan fingerprint density at radius 2 is 2.20 bits per heavy atom. The maximum atomic E-state index is 12.2. The SMILES string of the molecule is CCOc1cc(NC(=O)NC(C(=O)O)C2CCCOC2)ccc1OC. The van der Waals surface area contributed by atoms with Gasteiger partial charge in [-0.3, -0.25) is 0 Å². The topological polar surface area (TPSA) is 106 Å². The second-order valence-corrected chi connectivity index (χ2v) is 5.69. The van der Waals surface area contributed by atoms with Gasteiger partial charge in [0, 0.05) is 24.3 Å². The van der Waals surface area contributed by atoms with E-state index in [1.165, 1.54) is 7.11 Å². The number of urea groups is 1. The minimum Gasteiger partial charge on any atom is -0.493 e. The molecule has 8 nitrogen and oxygen atoms in total. The van der Waals surface area contributed by atoms with Gasteiger partial charge in [0.1, 0.15) is 6.04 Å². The number of hydrogen-bond acceptors (Lipinski definition) is 5. The van der Waals surface area contributed by atoms with E-state index in [0.717, 1.165) is 6.42 Å². The van der Waals surface area contributed by atoms with Crippen molar-refractivity contribution >= 4 is 17.7 Å². The quantitative estimate of drug-likeness (QED) is 0.694. The average molecular weight is 352 g/mol. The van der Waals surface area contributed by atoms with Crippen LogP contribution in [0.4, 0.5) is 10.5 Å². The van der Waals surface area contributed by atoms with Crippen LogP contribution in [0.15, 0.2) is 18.2 Å². The first-order valence-corrected chi connectivity index (χ1v) is 8.24. The Hall–Kier alpha value is -2.48. The van der Waals surface area contributed by atoms with Crippen LogP contribution >= 0.6 is 0 Å². The van der Waals surface area contributed by atoms with Gasteiger partial charge in [-0.1, -0.05) is 0 Å². The molecule has 1 saturated heterocycles. The molecule has 138 valence electrons. The highest BCUT2D eigenvalue weighted by Crippen LogP contribution is 2.30. The van der Waals surface area contributed by atoms with Crippen molar-refractivity contribution in [3.05, 3.63) is 18.2 Å². The molecule has 1 aromatic carbocycles. The standard InChI is InChI=1S/C17H24N2O6/c1-3-25-14-9-12(6-7-13(14)23-2)18-17(22)19-15(16(20)21)11-5-4-8-24-10-11/h6-7,9,11,15H,3-5,8,10H2,1-2H3,(H,20,21)(H2,18,19,22). The number of carboxylic acid groups (broad SMARTS) is 1. The van der Waals surface area contributed by atoms with Crippen molar-refractivity contribution in [2.45, 2.75) is 25.8 Å². The number of hydrogen-bond donors (Lipinski definition) is 3. The minimum absolute atomic E-state index is 0.244. The number of carbonyl (C=O) groups is 2. The number of ether oxygens (including phenoxy) is 3. The van der Waals surface area contributed by atoms with Crippen LogP contribution in [0.25, 0.3) is 0 Å². The fraction of sp³-hybridized carbons (Fsp3) is 0.529. The Bertz CT molecular complexity index is 601. The molecule has 2 unspecified atom stereocenters. The van der Waals surface area contributed by atoms with Crippen LogP contribution in [0.1, 0.15) is 19.8 Å². The lowest BCUT2D eigenvalue weighted by Crippen LogP contribution is -2.49. The van der Waals surface area contributed by atoms with Gasteiger partial charge in [0.25, 0.3) is 0 Å². The zero-order chi connectivity index (χ0) is 18.2. The van der Waals surface area contributed by atoms with E-state index in [1.54, 1.807) is 18.2 Å². The van der Waals surface area contributed by atoms with Crippen molar-refractivity contribution in [2.24, 2.45) is 5.92 Å². The lowest BCUT2D eigenvalue weighted by Gasteiger charge is -2.28. The van der Waals surface area contributed by atoms with Crippen molar-refractivity contribution in [1.82, 2.24) is 5.32 Å². The Balaban J connectivity index is 2.02. The van der Waals surface area contributed by atoms with Gasteiger partial charge in [0.05, 0.1) is 20.3 Å². The lowest BCUT2D eigenvalue weighted by molar-refractivity contribution is -0.142. The summed E-state index contributed by atoms with van der Waals surface area (Å²) in [5.74, 6) is -0.268. The summed E-state index contributed by atoms with van der Waals surface area (Å²) in [5.41, 5.74) is 0.478. The molecular weight excluding hydrogens is 328 g/mol. The third kappa shape index (κ3) is 5.25. The molecule has 2 amide bonds. The van der Waals surface area contributed by atoms with Crippen LogP contribution in [0, 0.1) is 5.92 Å². The first-order chi connectivity index (χ1) is 12.0. The summed E-state index contributed by atoms with van der Waals surface area (Å²) in [6, 6.07) is 3.36. The molecule has 25 heavy (non-hydrogen) atoms. The number of carboxylic acids is 1. The maximum Gasteiger partial charge on any atom is 0.326 e. The normalized spacial score (nSPS) is 18.1. The highest BCUT2D eigenvalue weighted by atomic mass is 16.5. The first kappa shape index (κ1) is 18.9. The molecule has 0 radical (unpaired) electrons. The Kier molecular flexibility index (Phi) is 6.88. The van der Waals surface area contributed by atoms with Gasteiger partial charge in [-0.15, -0.1) is 0 Å². The fourth-order valence-electron chi connectivity index (χ4n) is 2.74. The van der Waals surface area contributed by atoms with Gasteiger partial charge in [-0.2, -0.15) is 0 Å². The zero-order valence-electron chi connectivity index (χ0n) is 14.4. The molecule has 0 spiro atoms. The number of amides is 2. The molecule has 1 heterocycles. The van der Waals surface area contributed by atoms with E-state index in [2.05, 4.69) is 10.6 Å². The van der Waals surface area contributed by atoms with Gasteiger partial charge in [0.2, 0.25) is 0 Å². The number of aliphatic carboxylic acids is 1. The summed E-state index contributed by atoms with van der Waals surface area (Å²) >= 11 is 0. The number of anilines is 1. The third-order valence-corrected chi connectivity index (χ3v) is 3.94. The van der Waals surface area contributed by atoms with Crippen molar-refractivity contribution in [3.63, 3.8) is 0 Å². The van der Waals surface area contributed by atoms with Gasteiger partial charge < -0.3 is 30.0 Å². The first-order valence-electron chi connectivity index (χ1n) is 8.24. The molecule has 2 atom stereocenters. The number of benzene rings is 1. The predicted molar refractivity (Wildman–Crippen MR) is 91.3 cm³/mol. The second kappa shape index (κ2) is 9.12. The number of nitrogens with one attached hydrogen (secondary N) is 2. The van der Waals surface area contributed by atoms with Gasteiger partial charge >= 0.3 is 12.0 Å². The monoisotopic (exact) mass is 352 g/mol. The Morgan fingerprint density at radius 1 is 1.40 bits per heavy atom. The van der Waals surface area contributed by atoms with E-state index < -0.39 is 18.0 Å². The predicted octanol–water partition coefficient (Wildman–Crippen LogP) is 2.10. The summed E-state index contributed by atoms with van der Waals surface area (Å²) in [5, 5.41) is 14.5. The molecular formula is C17H24N2O6. The second-order valence-electron chi connectivity index (χ2n) is 5.69. The molecule has 2 rings (SSSR count). The number of carbonyl (C=O) groups excluding carboxylic acids is 1. The van der Waals surface area contributed by atoms with E-state index in [1.807, 2.05) is 6.92 Å². The molecule has 0 saturated carbocycles. The molecule has 1 fully saturated rings. The molecule has 1 aliphatic heterocycles. The highest BCUT2D eigenvalue weighted by molar-refractivity contribution is 5.92. The molecule has 8 heteroatoms. The van der Waals surface area contributed by atoms with Crippen LogP contribution in [-0.2, 0) is 9.53 Å². The van der Waals surface area contributed by atoms with Gasteiger partial charge in [0.15, 0.2) is 11.5 Å². The summed E-state index contributed by atoms with van der Waals surface area (Å²) < 4.78 is 16.0. The Labute approximate surface area is 146 Å². The van der Waals surface area contributed by atoms with Crippen LogP contribution in [0.3, 0.4) is 0 Å². The van der Waals surface area contributed by atoms with Crippen LogP contribution in [0.2, 0.25) is 0 Å². The molecule has 1 aromatic rings. The summed E-state index contributed by atoms with van der Waals surface area (Å²) in [6.45, 7) is 3.25. The third-order valence-electron chi connectivity index (χ3n) is 3.94. The molecule has 0 bridgehead atoms. The fourth-order valence-corrected chi connectivity index (χ4v) is 2.74. The highest BCUT2D eigenvalue weighted by Gasteiger charge is 2.31. The Morgan fingerprint density at radius 3 is 2.80 bits per heavy atom. The van der Waals surface area contributed by atoms with Crippen LogP contribution in [0.5, 0.6) is 11.5 Å². The maximum absolute atomic E-state index is 12.2. The average Bonchev–Trinajstić information content (AvgIpc) is 2.61. The largest absolute Gasteiger partial charge is 0.493 e. The molecule has 1 aliphatic rings. The van der Waals surface area contributed by atoms with Crippen molar-refractivity contribution in [3.8, 4) is 11.5 Å². The summed E-state index contributed by atoms with van der Waals surface area (Å²) in [7, 11) is 1.53. The summed E-state index contributed by atoms with van der Waals surface area (Å²) in [4.78, 5) is 23.7. The molecule has 3 N–H and O–H groups in total. The van der Waals surface area contributed by atoms with Gasteiger partial charge in [-0.25, -0.2) is 9.59 Å². The molecule has 0 aromatic heterocycles. The molecule has 0 aliphatic carbocycles. The van der Waals surface area contributed by atoms with Crippen LogP contribution < -0.4 is 20.1 Å². The lowest BCUT2D eigenvalue weighted by atomic mass is 9.94. The van der Waals surface area contributed by atoms with E-state index in [0.29, 0.717) is 43.4 Å². The number of rotatable bonds is 7. The number of methoxy groups -OCH3 is 1. The minimum atomic E-state index is -1.07. The van der Waals surface area contributed by atoms with E-state index >= 15 is 0 Å². The zero-order valence-corrected chi connectivity index (χ0v) is 14.4. The van der Waals surface area contributed by atoms with E-state index in [9.17, 15) is 14.7 Å². The van der Waals surface area contributed by atoms with E-state index in [-0.39, 0.29) is 5.92 Å². The smallest absolute Gasteiger partial charge is 0.326 e. The van der Waals surface area contributed by atoms with E-state index in [4.69, 9.17) is 14.2 Å². The van der Waals surface area contributed by atoms with Crippen molar-refractivity contribution in [1.29, 1.82) is 0 Å². The van der Waals surface area contributed by atoms with Gasteiger partial charge in [-0.05, 0) is 31.9 Å².